The van der Waals surface area contributed by atoms with Gasteiger partial charge in [0.05, 0.1) is 18.4 Å². The van der Waals surface area contributed by atoms with E-state index in [1.54, 1.807) is 13.8 Å². The third-order valence-electron chi connectivity index (χ3n) is 2.94. The maximum Gasteiger partial charge on any atom is 0.247 e. The molecule has 0 aliphatic carbocycles. The summed E-state index contributed by atoms with van der Waals surface area (Å²) in [5.74, 6) is -1.25. The van der Waals surface area contributed by atoms with Gasteiger partial charge in [0.15, 0.2) is 5.96 Å². The van der Waals surface area contributed by atoms with Crippen molar-refractivity contribution in [3.05, 3.63) is 0 Å². The van der Waals surface area contributed by atoms with E-state index in [0.717, 1.165) is 5.01 Å². The Kier molecular flexibility index (Phi) is 5.65. The van der Waals surface area contributed by atoms with E-state index in [0.29, 0.717) is 5.71 Å². The maximum atomic E-state index is 12.3. The fourth-order valence-corrected chi connectivity index (χ4v) is 2.04. The molecule has 0 spiro atoms. The highest BCUT2D eigenvalue weighted by atomic mass is 16.3. The summed E-state index contributed by atoms with van der Waals surface area (Å²) < 4.78 is 0. The number of hydrogen-bond acceptors (Lipinski definition) is 5. The third kappa shape index (κ3) is 4.42. The Morgan fingerprint density at radius 2 is 2.14 bits per heavy atom. The molecule has 1 rings (SSSR count). The van der Waals surface area contributed by atoms with E-state index in [4.69, 9.17) is 11.1 Å². The summed E-state index contributed by atoms with van der Waals surface area (Å²) in [5.41, 5.74) is 5.72. The molecular weight excluding hydrogens is 276 g/mol. The number of hydrogen-bond donors (Lipinski definition) is 5. The van der Waals surface area contributed by atoms with Crippen LogP contribution in [0.4, 0.5) is 0 Å². The molecule has 1 aliphatic heterocycles. The first-order valence-corrected chi connectivity index (χ1v) is 6.64. The van der Waals surface area contributed by atoms with E-state index in [1.165, 1.54) is 6.92 Å². The molecule has 2 atom stereocenters. The van der Waals surface area contributed by atoms with Gasteiger partial charge in [0.25, 0.3) is 0 Å². The van der Waals surface area contributed by atoms with Crippen LogP contribution in [0.25, 0.3) is 0 Å². The van der Waals surface area contributed by atoms with Gasteiger partial charge in [-0.1, -0.05) is 13.8 Å². The molecule has 0 saturated heterocycles. The monoisotopic (exact) mass is 298 g/mol. The van der Waals surface area contributed by atoms with Crippen molar-refractivity contribution in [2.45, 2.75) is 39.4 Å². The molecule has 118 valence electrons. The molecule has 0 bridgehead atoms. The third-order valence-corrected chi connectivity index (χ3v) is 2.94. The quantitative estimate of drug-likeness (QED) is 0.318. The van der Waals surface area contributed by atoms with Crippen LogP contribution in [-0.4, -0.2) is 52.4 Å². The summed E-state index contributed by atoms with van der Waals surface area (Å²) in [6, 6.07) is -0.534. The molecular formula is C12H22N6O3. The van der Waals surface area contributed by atoms with E-state index >= 15 is 0 Å². The van der Waals surface area contributed by atoms with Crippen molar-refractivity contribution in [1.82, 2.24) is 15.6 Å². The fraction of sp³-hybridized carbons (Fsp3) is 0.667. The molecule has 0 aromatic rings. The normalized spacial score (nSPS) is 21.8. The number of nitrogens with two attached hydrogens (primary N) is 1. The van der Waals surface area contributed by atoms with Gasteiger partial charge in [0.1, 0.15) is 6.17 Å². The van der Waals surface area contributed by atoms with Crippen LogP contribution in [0.1, 0.15) is 27.2 Å². The predicted octanol–water partition coefficient (Wildman–Crippen LogP) is -1.46. The van der Waals surface area contributed by atoms with Gasteiger partial charge in [-0.3, -0.25) is 15.0 Å². The smallest absolute Gasteiger partial charge is 0.247 e. The zero-order valence-electron chi connectivity index (χ0n) is 12.4. The summed E-state index contributed by atoms with van der Waals surface area (Å²) in [4.78, 5) is 23.6. The minimum atomic E-state index is -0.767. The molecule has 0 saturated carbocycles. The van der Waals surface area contributed by atoms with Crippen molar-refractivity contribution in [2.24, 2.45) is 16.8 Å². The average Bonchev–Trinajstić information content (AvgIpc) is 2.38. The van der Waals surface area contributed by atoms with Gasteiger partial charge < -0.3 is 21.5 Å². The molecule has 0 fully saturated rings. The highest BCUT2D eigenvalue weighted by Crippen LogP contribution is 2.17. The zero-order valence-corrected chi connectivity index (χ0v) is 12.4. The second-order valence-corrected chi connectivity index (χ2v) is 5.18. The number of guanidine groups is 1. The van der Waals surface area contributed by atoms with Crippen molar-refractivity contribution >= 4 is 23.5 Å². The van der Waals surface area contributed by atoms with Crippen LogP contribution in [0, 0.1) is 11.3 Å². The number of carbonyl (C=O) groups is 2. The van der Waals surface area contributed by atoms with Crippen LogP contribution < -0.4 is 16.4 Å². The highest BCUT2D eigenvalue weighted by molar-refractivity contribution is 5.90. The van der Waals surface area contributed by atoms with Crippen LogP contribution in [0.15, 0.2) is 5.10 Å². The van der Waals surface area contributed by atoms with Gasteiger partial charge >= 0.3 is 0 Å². The topological polar surface area (TPSA) is 144 Å². The Morgan fingerprint density at radius 3 is 2.57 bits per heavy atom. The number of rotatable bonds is 4. The highest BCUT2D eigenvalue weighted by Gasteiger charge is 2.37. The SMILES string of the molecule is CC(=O)N[C@@H]1[C@@H](NC(=N)N)CC(CO)=NN1C(=O)C(C)C. The molecule has 9 heteroatoms. The van der Waals surface area contributed by atoms with E-state index < -0.39 is 12.2 Å². The van der Waals surface area contributed by atoms with Gasteiger partial charge in [-0.05, 0) is 0 Å². The Morgan fingerprint density at radius 1 is 1.52 bits per heavy atom. The number of aliphatic hydroxyl groups is 1. The van der Waals surface area contributed by atoms with Crippen molar-refractivity contribution < 1.29 is 14.7 Å². The second-order valence-electron chi connectivity index (χ2n) is 5.18. The van der Waals surface area contributed by atoms with E-state index in [2.05, 4.69) is 15.7 Å². The summed E-state index contributed by atoms with van der Waals surface area (Å²) in [7, 11) is 0. The first-order valence-electron chi connectivity index (χ1n) is 6.64. The zero-order chi connectivity index (χ0) is 16.2. The molecule has 0 radical (unpaired) electrons. The largest absolute Gasteiger partial charge is 0.390 e. The lowest BCUT2D eigenvalue weighted by Gasteiger charge is -2.39. The Labute approximate surface area is 123 Å². The van der Waals surface area contributed by atoms with Crippen molar-refractivity contribution in [1.29, 1.82) is 5.41 Å². The maximum absolute atomic E-state index is 12.3. The molecule has 0 aromatic carbocycles. The van der Waals surface area contributed by atoms with E-state index in [-0.39, 0.29) is 36.7 Å². The number of nitrogens with one attached hydrogen (secondary N) is 3. The summed E-state index contributed by atoms with van der Waals surface area (Å²) >= 11 is 0. The number of aliphatic hydroxyl groups excluding tert-OH is 1. The van der Waals surface area contributed by atoms with Crippen molar-refractivity contribution in [3.63, 3.8) is 0 Å². The van der Waals surface area contributed by atoms with Crippen LogP contribution in [-0.2, 0) is 9.59 Å². The molecule has 1 aliphatic rings. The van der Waals surface area contributed by atoms with Crippen LogP contribution in [0.3, 0.4) is 0 Å². The Hall–Kier alpha value is -2.16. The Balaban J connectivity index is 3.14. The lowest BCUT2D eigenvalue weighted by molar-refractivity contribution is -0.140. The van der Waals surface area contributed by atoms with Crippen LogP contribution in [0.5, 0.6) is 0 Å². The van der Waals surface area contributed by atoms with Gasteiger partial charge in [-0.2, -0.15) is 5.10 Å². The second kappa shape index (κ2) is 7.02. The Bertz CT molecular complexity index is 462. The summed E-state index contributed by atoms with van der Waals surface area (Å²) in [6.07, 6.45) is -0.500. The number of nitrogens with zero attached hydrogens (tertiary/aromatic N) is 2. The van der Waals surface area contributed by atoms with Crippen molar-refractivity contribution in [3.8, 4) is 0 Å². The van der Waals surface area contributed by atoms with Gasteiger partial charge in [-0.15, -0.1) is 0 Å². The first-order chi connectivity index (χ1) is 9.76. The molecule has 9 nitrogen and oxygen atoms in total. The summed E-state index contributed by atoms with van der Waals surface area (Å²) in [5, 5.41) is 27.2. The van der Waals surface area contributed by atoms with E-state index in [1.807, 2.05) is 0 Å². The lowest BCUT2D eigenvalue weighted by atomic mass is 10.0. The molecule has 6 N–H and O–H groups in total. The minimum Gasteiger partial charge on any atom is -0.390 e. The van der Waals surface area contributed by atoms with Gasteiger partial charge in [0.2, 0.25) is 11.8 Å². The van der Waals surface area contributed by atoms with E-state index in [9.17, 15) is 14.7 Å². The standard InChI is InChI=1S/C12H22N6O3/c1-6(2)11(21)18-10(15-7(3)20)9(16-12(13)14)4-8(5-19)17-18/h6,9-10,19H,4-5H2,1-3H3,(H,15,20)(H4,13,14,16)/t9-,10-/m0/s1. The molecule has 0 aromatic heterocycles. The number of amides is 2. The fourth-order valence-electron chi connectivity index (χ4n) is 2.04. The minimum absolute atomic E-state index is 0.267. The predicted molar refractivity (Wildman–Crippen MR) is 77.3 cm³/mol. The lowest BCUT2D eigenvalue weighted by Crippen LogP contribution is -2.63. The molecule has 1 heterocycles. The summed E-state index contributed by atoms with van der Waals surface area (Å²) in [6.45, 7) is 4.44. The molecule has 0 unspecified atom stereocenters. The molecule has 2 amide bonds. The van der Waals surface area contributed by atoms with Gasteiger partial charge in [-0.25, -0.2) is 5.01 Å². The molecule has 21 heavy (non-hydrogen) atoms. The average molecular weight is 298 g/mol. The van der Waals surface area contributed by atoms with Crippen molar-refractivity contribution in [2.75, 3.05) is 6.61 Å². The first kappa shape index (κ1) is 16.9. The number of hydrazone groups is 1. The van der Waals surface area contributed by atoms with Crippen LogP contribution >= 0.6 is 0 Å². The van der Waals surface area contributed by atoms with Crippen LogP contribution in [0.2, 0.25) is 0 Å². The van der Waals surface area contributed by atoms with Gasteiger partial charge in [0, 0.05) is 19.3 Å². The number of carbonyl (C=O) groups excluding carboxylic acids is 2.